The fraction of sp³-hybridized carbons (Fsp3) is 0.316. The van der Waals surface area contributed by atoms with Crippen LogP contribution in [0.2, 0.25) is 0 Å². The standard InChI is InChI=1S/C19H18BrFN2O3/c20-18-16(4-1-9-22-18)26-19(25)14-3-2-10-23(12-14)17(24)11-13-5-7-15(21)8-6-13/h1,4-9,14H,2-3,10-12H2. The molecule has 0 aliphatic carbocycles. The highest BCUT2D eigenvalue weighted by Gasteiger charge is 2.30. The number of nitrogens with zero attached hydrogens (tertiary/aromatic N) is 2. The summed E-state index contributed by atoms with van der Waals surface area (Å²) in [7, 11) is 0. The van der Waals surface area contributed by atoms with Crippen molar-refractivity contribution in [2.75, 3.05) is 13.1 Å². The lowest BCUT2D eigenvalue weighted by atomic mass is 9.97. The molecule has 5 nitrogen and oxygen atoms in total. The van der Waals surface area contributed by atoms with Crippen LogP contribution < -0.4 is 4.74 Å². The van der Waals surface area contributed by atoms with Gasteiger partial charge in [-0.15, -0.1) is 0 Å². The maximum Gasteiger partial charge on any atom is 0.316 e. The smallest absolute Gasteiger partial charge is 0.316 e. The molecule has 3 rings (SSSR count). The lowest BCUT2D eigenvalue weighted by molar-refractivity contribution is -0.143. The molecule has 0 spiro atoms. The number of amides is 1. The number of benzene rings is 1. The van der Waals surface area contributed by atoms with Gasteiger partial charge >= 0.3 is 5.97 Å². The van der Waals surface area contributed by atoms with Gasteiger partial charge in [-0.3, -0.25) is 9.59 Å². The Bertz CT molecular complexity index is 798. The number of likely N-dealkylation sites (tertiary alicyclic amines) is 1. The SMILES string of the molecule is O=C(Oc1cccnc1Br)C1CCCN(C(=O)Cc2ccc(F)cc2)C1. The van der Waals surface area contributed by atoms with Crippen molar-refractivity contribution in [3.05, 3.63) is 58.6 Å². The lowest BCUT2D eigenvalue weighted by Crippen LogP contribution is -2.44. The number of pyridine rings is 1. The molecule has 136 valence electrons. The van der Waals surface area contributed by atoms with Crippen molar-refractivity contribution in [3.63, 3.8) is 0 Å². The number of hydrogen-bond donors (Lipinski definition) is 0. The fourth-order valence-electron chi connectivity index (χ4n) is 2.92. The average molecular weight is 421 g/mol. The predicted octanol–water partition coefficient (Wildman–Crippen LogP) is 3.37. The highest BCUT2D eigenvalue weighted by Crippen LogP contribution is 2.25. The molecular formula is C19H18BrFN2O3. The highest BCUT2D eigenvalue weighted by molar-refractivity contribution is 9.10. The van der Waals surface area contributed by atoms with E-state index in [-0.39, 0.29) is 30.0 Å². The minimum Gasteiger partial charge on any atom is -0.423 e. The number of rotatable bonds is 4. The number of ether oxygens (including phenoxy) is 1. The molecule has 1 amide bonds. The van der Waals surface area contributed by atoms with E-state index < -0.39 is 0 Å². The molecule has 1 aliphatic rings. The van der Waals surface area contributed by atoms with Crippen molar-refractivity contribution in [3.8, 4) is 5.75 Å². The van der Waals surface area contributed by atoms with Crippen molar-refractivity contribution in [2.24, 2.45) is 5.92 Å². The van der Waals surface area contributed by atoms with Crippen molar-refractivity contribution in [1.82, 2.24) is 9.88 Å². The molecule has 1 saturated heterocycles. The Labute approximate surface area is 159 Å². The molecule has 0 bridgehead atoms. The van der Waals surface area contributed by atoms with Crippen LogP contribution >= 0.6 is 15.9 Å². The van der Waals surface area contributed by atoms with Gasteiger partial charge in [0, 0.05) is 19.3 Å². The Hall–Kier alpha value is -2.28. The molecule has 1 fully saturated rings. The van der Waals surface area contributed by atoms with Crippen molar-refractivity contribution < 1.29 is 18.7 Å². The van der Waals surface area contributed by atoms with E-state index in [0.717, 1.165) is 12.0 Å². The van der Waals surface area contributed by atoms with Crippen LogP contribution in [0.25, 0.3) is 0 Å². The van der Waals surface area contributed by atoms with E-state index in [1.54, 1.807) is 35.4 Å². The van der Waals surface area contributed by atoms with E-state index in [0.29, 0.717) is 29.9 Å². The Morgan fingerprint density at radius 1 is 1.27 bits per heavy atom. The van der Waals surface area contributed by atoms with Gasteiger partial charge in [0.05, 0.1) is 12.3 Å². The van der Waals surface area contributed by atoms with Crippen molar-refractivity contribution in [1.29, 1.82) is 0 Å². The van der Waals surface area contributed by atoms with E-state index in [2.05, 4.69) is 20.9 Å². The number of carbonyl (C=O) groups excluding carboxylic acids is 2. The second-order valence-electron chi connectivity index (χ2n) is 6.20. The van der Waals surface area contributed by atoms with Crippen LogP contribution in [0.1, 0.15) is 18.4 Å². The van der Waals surface area contributed by atoms with E-state index in [4.69, 9.17) is 4.74 Å². The first-order chi connectivity index (χ1) is 12.5. The van der Waals surface area contributed by atoms with Gasteiger partial charge in [0.2, 0.25) is 5.91 Å². The third-order valence-corrected chi connectivity index (χ3v) is 4.91. The van der Waals surface area contributed by atoms with Crippen LogP contribution in [-0.2, 0) is 16.0 Å². The Balaban J connectivity index is 1.59. The normalized spacial score (nSPS) is 17.0. The first-order valence-corrected chi connectivity index (χ1v) is 9.16. The van der Waals surface area contributed by atoms with E-state index in [1.807, 2.05) is 0 Å². The molecule has 0 saturated carbocycles. The van der Waals surface area contributed by atoms with Crippen LogP contribution in [0.4, 0.5) is 4.39 Å². The van der Waals surface area contributed by atoms with E-state index >= 15 is 0 Å². The van der Waals surface area contributed by atoms with Gasteiger partial charge in [-0.1, -0.05) is 12.1 Å². The minimum atomic E-state index is -0.368. The van der Waals surface area contributed by atoms with Gasteiger partial charge in [0.1, 0.15) is 10.4 Å². The Kier molecular flexibility index (Phi) is 5.98. The summed E-state index contributed by atoms with van der Waals surface area (Å²) in [5.41, 5.74) is 0.750. The summed E-state index contributed by atoms with van der Waals surface area (Å²) in [5.74, 6) is -0.765. The number of aromatic nitrogens is 1. The topological polar surface area (TPSA) is 59.5 Å². The Morgan fingerprint density at radius 3 is 2.77 bits per heavy atom. The van der Waals surface area contributed by atoms with E-state index in [9.17, 15) is 14.0 Å². The Morgan fingerprint density at radius 2 is 2.04 bits per heavy atom. The monoisotopic (exact) mass is 420 g/mol. The molecule has 0 N–H and O–H groups in total. The summed E-state index contributed by atoms with van der Waals surface area (Å²) < 4.78 is 18.9. The van der Waals surface area contributed by atoms with Crippen molar-refractivity contribution in [2.45, 2.75) is 19.3 Å². The molecule has 1 atom stereocenters. The summed E-state index contributed by atoms with van der Waals surface area (Å²) in [4.78, 5) is 30.6. The second kappa shape index (κ2) is 8.40. The predicted molar refractivity (Wildman–Crippen MR) is 97.0 cm³/mol. The molecule has 26 heavy (non-hydrogen) atoms. The summed E-state index contributed by atoms with van der Waals surface area (Å²) in [6, 6.07) is 9.23. The molecule has 2 heterocycles. The first-order valence-electron chi connectivity index (χ1n) is 8.37. The number of halogens is 2. The third-order valence-electron chi connectivity index (χ3n) is 4.31. The van der Waals surface area contributed by atoms with Gasteiger partial charge in [0.25, 0.3) is 0 Å². The van der Waals surface area contributed by atoms with Gasteiger partial charge in [-0.05, 0) is 58.6 Å². The fourth-order valence-corrected chi connectivity index (χ4v) is 3.26. The van der Waals surface area contributed by atoms with E-state index in [1.165, 1.54) is 12.1 Å². The summed E-state index contributed by atoms with van der Waals surface area (Å²) in [6.45, 7) is 0.942. The van der Waals surface area contributed by atoms with Crippen LogP contribution in [0.15, 0.2) is 47.2 Å². The molecular weight excluding hydrogens is 403 g/mol. The molecule has 1 aromatic heterocycles. The van der Waals surface area contributed by atoms with Crippen LogP contribution in [0.3, 0.4) is 0 Å². The zero-order valence-corrected chi connectivity index (χ0v) is 15.6. The minimum absolute atomic E-state index is 0.0725. The van der Waals surface area contributed by atoms with Gasteiger partial charge in [-0.25, -0.2) is 9.37 Å². The van der Waals surface area contributed by atoms with Crippen molar-refractivity contribution >= 4 is 27.8 Å². The summed E-state index contributed by atoms with van der Waals surface area (Å²) >= 11 is 3.25. The van der Waals surface area contributed by atoms with Gasteiger partial charge < -0.3 is 9.64 Å². The zero-order chi connectivity index (χ0) is 18.5. The zero-order valence-electron chi connectivity index (χ0n) is 14.0. The highest BCUT2D eigenvalue weighted by atomic mass is 79.9. The largest absolute Gasteiger partial charge is 0.423 e. The van der Waals surface area contributed by atoms with Crippen LogP contribution in [0.5, 0.6) is 5.75 Å². The molecule has 1 unspecified atom stereocenters. The molecule has 1 aromatic carbocycles. The molecule has 1 aliphatic heterocycles. The molecule has 0 radical (unpaired) electrons. The quantitative estimate of drug-likeness (QED) is 0.561. The number of piperidine rings is 1. The first kappa shape index (κ1) is 18.5. The average Bonchev–Trinajstić information content (AvgIpc) is 2.65. The molecule has 2 aromatic rings. The van der Waals surface area contributed by atoms with Crippen LogP contribution in [-0.4, -0.2) is 34.8 Å². The van der Waals surface area contributed by atoms with Gasteiger partial charge in [-0.2, -0.15) is 0 Å². The molecule has 7 heteroatoms. The number of carbonyl (C=O) groups is 2. The van der Waals surface area contributed by atoms with Gasteiger partial charge in [0.15, 0.2) is 5.75 Å². The summed E-state index contributed by atoms with van der Waals surface area (Å²) in [6.07, 6.45) is 3.20. The third kappa shape index (κ3) is 4.66. The second-order valence-corrected chi connectivity index (χ2v) is 6.95. The number of hydrogen-bond acceptors (Lipinski definition) is 4. The van der Waals surface area contributed by atoms with Crippen LogP contribution in [0, 0.1) is 11.7 Å². The number of esters is 1. The lowest BCUT2D eigenvalue weighted by Gasteiger charge is -2.31. The maximum absolute atomic E-state index is 13.0. The summed E-state index contributed by atoms with van der Waals surface area (Å²) in [5, 5.41) is 0. The maximum atomic E-state index is 13.0.